The Morgan fingerprint density at radius 3 is 2.52 bits per heavy atom. The predicted octanol–water partition coefficient (Wildman–Crippen LogP) is 4.40. The van der Waals surface area contributed by atoms with Crippen molar-refractivity contribution in [2.45, 2.75) is 17.9 Å². The molecule has 0 radical (unpaired) electrons. The first-order chi connectivity index (χ1) is 11.1. The Hall–Kier alpha value is -1.98. The van der Waals surface area contributed by atoms with Crippen molar-refractivity contribution in [3.63, 3.8) is 0 Å². The highest BCUT2D eigenvalue weighted by Crippen LogP contribution is 2.24. The maximum atomic E-state index is 12.5. The van der Waals surface area contributed by atoms with Gasteiger partial charge in [0.05, 0.1) is 11.0 Å². The summed E-state index contributed by atoms with van der Waals surface area (Å²) in [7, 11) is -1.14. The molecule has 2 atom stereocenters. The molecule has 2 aromatic carbocycles. The molecular formula is C17H15ClN2O2S. The molecule has 118 valence electrons. The van der Waals surface area contributed by atoms with Gasteiger partial charge in [-0.1, -0.05) is 47.1 Å². The van der Waals surface area contributed by atoms with E-state index in [9.17, 15) is 4.21 Å². The second-order valence-corrected chi connectivity index (χ2v) is 7.29. The molecule has 0 aliphatic heterocycles. The summed E-state index contributed by atoms with van der Waals surface area (Å²) in [6.45, 7) is 1.91. The van der Waals surface area contributed by atoms with Gasteiger partial charge in [-0.2, -0.15) is 4.98 Å². The first-order valence-corrected chi connectivity index (χ1v) is 8.90. The molecule has 0 amide bonds. The van der Waals surface area contributed by atoms with E-state index in [1.165, 1.54) is 0 Å². The van der Waals surface area contributed by atoms with Gasteiger partial charge in [0.15, 0.2) is 5.82 Å². The van der Waals surface area contributed by atoms with Crippen molar-refractivity contribution < 1.29 is 8.73 Å². The highest BCUT2D eigenvalue weighted by molar-refractivity contribution is 7.84. The molecule has 0 N–H and O–H groups in total. The van der Waals surface area contributed by atoms with Gasteiger partial charge in [-0.15, -0.1) is 0 Å². The third-order valence-electron chi connectivity index (χ3n) is 3.49. The third-order valence-corrected chi connectivity index (χ3v) is 5.35. The lowest BCUT2D eigenvalue weighted by molar-refractivity contribution is 0.425. The van der Waals surface area contributed by atoms with Crippen molar-refractivity contribution in [2.24, 2.45) is 0 Å². The van der Waals surface area contributed by atoms with Gasteiger partial charge >= 0.3 is 0 Å². The smallest absolute Gasteiger partial charge is 0.257 e. The fraction of sp³-hybridized carbons (Fsp3) is 0.176. The van der Waals surface area contributed by atoms with Crippen LogP contribution in [0.2, 0.25) is 5.02 Å². The van der Waals surface area contributed by atoms with E-state index in [0.29, 0.717) is 16.7 Å². The van der Waals surface area contributed by atoms with E-state index < -0.39 is 10.8 Å². The van der Waals surface area contributed by atoms with Crippen LogP contribution in [0.1, 0.15) is 23.6 Å². The van der Waals surface area contributed by atoms with E-state index in [-0.39, 0.29) is 11.0 Å². The molecule has 0 aliphatic carbocycles. The third kappa shape index (κ3) is 3.86. The van der Waals surface area contributed by atoms with Crippen molar-refractivity contribution >= 4 is 22.4 Å². The summed E-state index contributed by atoms with van der Waals surface area (Å²) in [6, 6.07) is 16.9. The quantitative estimate of drug-likeness (QED) is 0.687. The highest BCUT2D eigenvalue weighted by atomic mass is 35.5. The molecule has 3 aromatic rings. The van der Waals surface area contributed by atoms with Crippen molar-refractivity contribution in [2.75, 3.05) is 0 Å². The topological polar surface area (TPSA) is 56.0 Å². The van der Waals surface area contributed by atoms with E-state index in [2.05, 4.69) is 10.1 Å². The monoisotopic (exact) mass is 346 g/mol. The molecule has 0 saturated carbocycles. The van der Waals surface area contributed by atoms with E-state index >= 15 is 0 Å². The number of benzene rings is 2. The molecule has 0 spiro atoms. The summed E-state index contributed by atoms with van der Waals surface area (Å²) >= 11 is 5.88. The summed E-state index contributed by atoms with van der Waals surface area (Å²) in [6.07, 6.45) is 0. The van der Waals surface area contributed by atoms with Crippen molar-refractivity contribution in [1.29, 1.82) is 0 Å². The lowest BCUT2D eigenvalue weighted by atomic mass is 10.2. The maximum absolute atomic E-state index is 12.5. The molecule has 23 heavy (non-hydrogen) atoms. The van der Waals surface area contributed by atoms with E-state index in [1.54, 1.807) is 12.1 Å². The lowest BCUT2D eigenvalue weighted by Crippen LogP contribution is -2.06. The fourth-order valence-corrected chi connectivity index (χ4v) is 3.36. The fourth-order valence-electron chi connectivity index (χ4n) is 2.15. The van der Waals surface area contributed by atoms with Crippen LogP contribution in [0.5, 0.6) is 0 Å². The standard InChI is InChI=1S/C17H15ClN2O2S/c1-12(13-7-9-15(18)10-8-13)23(21)11-16-19-17(22-20-16)14-5-3-2-4-6-14/h2-10,12H,11H2,1H3/t12-,23-/m0/s1. The van der Waals surface area contributed by atoms with Crippen LogP contribution in [0, 0.1) is 0 Å². The molecule has 0 fully saturated rings. The number of aromatic nitrogens is 2. The van der Waals surface area contributed by atoms with Crippen molar-refractivity contribution in [3.05, 3.63) is 71.0 Å². The van der Waals surface area contributed by atoms with Crippen LogP contribution in [0.25, 0.3) is 11.5 Å². The Bertz CT molecular complexity index is 803. The molecule has 0 aliphatic rings. The Morgan fingerprint density at radius 1 is 1.13 bits per heavy atom. The van der Waals surface area contributed by atoms with Crippen molar-refractivity contribution in [1.82, 2.24) is 10.1 Å². The van der Waals surface area contributed by atoms with Crippen LogP contribution in [-0.2, 0) is 16.6 Å². The average Bonchev–Trinajstić information content (AvgIpc) is 3.04. The molecule has 4 nitrogen and oxygen atoms in total. The average molecular weight is 347 g/mol. The van der Waals surface area contributed by atoms with E-state index in [0.717, 1.165) is 11.1 Å². The van der Waals surface area contributed by atoms with Gasteiger partial charge in [-0.3, -0.25) is 4.21 Å². The minimum atomic E-state index is -1.14. The largest absolute Gasteiger partial charge is 0.334 e. The number of hydrogen-bond acceptors (Lipinski definition) is 4. The molecule has 1 heterocycles. The van der Waals surface area contributed by atoms with Gasteiger partial charge < -0.3 is 4.52 Å². The molecule has 0 unspecified atom stereocenters. The molecule has 6 heteroatoms. The molecule has 3 rings (SSSR count). The number of halogens is 1. The van der Waals surface area contributed by atoms with E-state index in [1.807, 2.05) is 49.4 Å². The van der Waals surface area contributed by atoms with E-state index in [4.69, 9.17) is 16.1 Å². The van der Waals surface area contributed by atoms with Crippen LogP contribution in [0.15, 0.2) is 59.1 Å². The molecule has 1 aromatic heterocycles. The second kappa shape index (κ2) is 7.06. The maximum Gasteiger partial charge on any atom is 0.257 e. The van der Waals surface area contributed by atoms with Crippen LogP contribution >= 0.6 is 11.6 Å². The minimum absolute atomic E-state index is 0.133. The summed E-state index contributed by atoms with van der Waals surface area (Å²) in [5.74, 6) is 1.14. The Balaban J connectivity index is 1.71. The number of nitrogens with zero attached hydrogens (tertiary/aromatic N) is 2. The van der Waals surface area contributed by atoms with Crippen LogP contribution < -0.4 is 0 Å². The highest BCUT2D eigenvalue weighted by Gasteiger charge is 2.17. The summed E-state index contributed by atoms with van der Waals surface area (Å²) in [4.78, 5) is 4.32. The number of hydrogen-bond donors (Lipinski definition) is 0. The zero-order valence-corrected chi connectivity index (χ0v) is 14.1. The summed E-state index contributed by atoms with van der Waals surface area (Å²) in [5.41, 5.74) is 1.82. The van der Waals surface area contributed by atoms with Gasteiger partial charge in [-0.05, 0) is 36.8 Å². The number of rotatable bonds is 5. The molecule has 0 bridgehead atoms. The predicted molar refractivity (Wildman–Crippen MR) is 91.4 cm³/mol. The first-order valence-electron chi connectivity index (χ1n) is 7.14. The van der Waals surface area contributed by atoms with Gasteiger partial charge in [0.25, 0.3) is 5.89 Å². The molecular weight excluding hydrogens is 332 g/mol. The van der Waals surface area contributed by atoms with Crippen LogP contribution in [0.3, 0.4) is 0 Å². The van der Waals surface area contributed by atoms with Crippen molar-refractivity contribution in [3.8, 4) is 11.5 Å². The zero-order chi connectivity index (χ0) is 16.2. The summed E-state index contributed by atoms with van der Waals surface area (Å²) in [5, 5.41) is 4.45. The first kappa shape index (κ1) is 15.9. The van der Waals surface area contributed by atoms with Crippen LogP contribution in [0.4, 0.5) is 0 Å². The Kier molecular flexibility index (Phi) is 4.88. The van der Waals surface area contributed by atoms with Gasteiger partial charge in [0, 0.05) is 21.4 Å². The van der Waals surface area contributed by atoms with Gasteiger partial charge in [-0.25, -0.2) is 0 Å². The summed E-state index contributed by atoms with van der Waals surface area (Å²) < 4.78 is 17.7. The second-order valence-electron chi connectivity index (χ2n) is 5.10. The normalized spacial score (nSPS) is 13.7. The molecule has 0 saturated heterocycles. The minimum Gasteiger partial charge on any atom is -0.334 e. The Labute approximate surface area is 142 Å². The Morgan fingerprint density at radius 2 is 1.83 bits per heavy atom. The van der Waals surface area contributed by atoms with Crippen LogP contribution in [-0.4, -0.2) is 14.3 Å². The SMILES string of the molecule is C[C@@H](c1ccc(Cl)cc1)[S@@](=O)Cc1noc(-c2ccccc2)n1. The van der Waals surface area contributed by atoms with Gasteiger partial charge in [0.1, 0.15) is 0 Å². The zero-order valence-electron chi connectivity index (χ0n) is 12.5. The van der Waals surface area contributed by atoms with Gasteiger partial charge in [0.2, 0.25) is 0 Å². The lowest BCUT2D eigenvalue weighted by Gasteiger charge is -2.10.